The zero-order valence-electron chi connectivity index (χ0n) is 10.9. The van der Waals surface area contributed by atoms with Gasteiger partial charge in [-0.1, -0.05) is 67.6 Å². The van der Waals surface area contributed by atoms with Gasteiger partial charge in [0.05, 0.1) is 6.07 Å². The van der Waals surface area contributed by atoms with E-state index in [1.165, 1.54) is 0 Å². The molecule has 0 aliphatic rings. The normalized spacial score (nSPS) is 12.7. The van der Waals surface area contributed by atoms with Gasteiger partial charge in [-0.2, -0.15) is 5.26 Å². The molecule has 0 heterocycles. The zero-order chi connectivity index (χ0) is 13.7. The van der Waals surface area contributed by atoms with Crippen LogP contribution in [0.5, 0.6) is 0 Å². The summed E-state index contributed by atoms with van der Waals surface area (Å²) in [4.78, 5) is 0. The lowest BCUT2D eigenvalue weighted by atomic mass is 9.68. The molecule has 0 N–H and O–H groups in total. The average molecular weight is 270 g/mol. The van der Waals surface area contributed by atoms with Crippen LogP contribution in [0.3, 0.4) is 0 Å². The highest BCUT2D eigenvalue weighted by atomic mass is 35.5. The third-order valence-electron chi connectivity index (χ3n) is 3.61. The van der Waals surface area contributed by atoms with Crippen molar-refractivity contribution in [2.24, 2.45) is 5.92 Å². The van der Waals surface area contributed by atoms with Gasteiger partial charge in [-0.3, -0.25) is 0 Å². The molecule has 0 fully saturated rings. The molecule has 0 aromatic heterocycles. The third kappa shape index (κ3) is 2.37. The summed E-state index contributed by atoms with van der Waals surface area (Å²) in [6, 6.07) is 22.3. The van der Waals surface area contributed by atoms with E-state index < -0.39 is 5.41 Å². The van der Waals surface area contributed by atoms with Crippen LogP contribution in [0.4, 0.5) is 0 Å². The van der Waals surface area contributed by atoms with Gasteiger partial charge < -0.3 is 0 Å². The van der Waals surface area contributed by atoms with Crippen LogP contribution >= 0.6 is 11.6 Å². The number of benzene rings is 2. The van der Waals surface area contributed by atoms with Gasteiger partial charge in [0, 0.05) is 5.88 Å². The number of alkyl halides is 1. The van der Waals surface area contributed by atoms with Crippen LogP contribution in [0, 0.1) is 17.2 Å². The van der Waals surface area contributed by atoms with Crippen molar-refractivity contribution in [2.75, 3.05) is 5.88 Å². The Morgan fingerprint density at radius 3 is 1.74 bits per heavy atom. The van der Waals surface area contributed by atoms with Gasteiger partial charge >= 0.3 is 0 Å². The van der Waals surface area contributed by atoms with Gasteiger partial charge in [-0.05, 0) is 17.0 Å². The summed E-state index contributed by atoms with van der Waals surface area (Å²) >= 11 is 6.06. The standard InChI is InChI=1S/C17H16ClN/c1-14(12-18)17(13-19,15-8-4-2-5-9-15)16-10-6-3-7-11-16/h2-11,14H,12H2,1H3. The lowest BCUT2D eigenvalue weighted by molar-refractivity contribution is 0.468. The van der Waals surface area contributed by atoms with E-state index in [0.29, 0.717) is 5.88 Å². The first-order chi connectivity index (χ1) is 9.25. The molecular formula is C17H16ClN. The maximum absolute atomic E-state index is 9.88. The molecule has 0 saturated carbocycles. The predicted molar refractivity (Wildman–Crippen MR) is 79.2 cm³/mol. The minimum atomic E-state index is -0.690. The quantitative estimate of drug-likeness (QED) is 0.756. The van der Waals surface area contributed by atoms with Crippen LogP contribution in [-0.2, 0) is 5.41 Å². The summed E-state index contributed by atoms with van der Waals surface area (Å²) in [6.45, 7) is 2.02. The average Bonchev–Trinajstić information content (AvgIpc) is 2.50. The summed E-state index contributed by atoms with van der Waals surface area (Å²) in [5.74, 6) is 0.473. The lowest BCUT2D eigenvalue weighted by Crippen LogP contribution is -2.34. The molecule has 0 bridgehead atoms. The van der Waals surface area contributed by atoms with Crippen LogP contribution in [0.2, 0.25) is 0 Å². The summed E-state index contributed by atoms with van der Waals surface area (Å²) in [5, 5.41) is 9.88. The van der Waals surface area contributed by atoms with Crippen molar-refractivity contribution in [3.63, 3.8) is 0 Å². The molecule has 0 saturated heterocycles. The molecule has 1 atom stereocenters. The van der Waals surface area contributed by atoms with E-state index in [1.807, 2.05) is 67.6 Å². The van der Waals surface area contributed by atoms with E-state index in [9.17, 15) is 5.26 Å². The first-order valence-electron chi connectivity index (χ1n) is 6.34. The maximum atomic E-state index is 9.88. The number of hydrogen-bond donors (Lipinski definition) is 0. The number of hydrogen-bond acceptors (Lipinski definition) is 1. The Morgan fingerprint density at radius 1 is 1.00 bits per heavy atom. The molecule has 2 aromatic carbocycles. The van der Waals surface area contributed by atoms with E-state index in [4.69, 9.17) is 11.6 Å². The predicted octanol–water partition coefficient (Wildman–Crippen LogP) is 4.37. The van der Waals surface area contributed by atoms with Crippen molar-refractivity contribution in [3.05, 3.63) is 71.8 Å². The molecule has 2 rings (SSSR count). The van der Waals surface area contributed by atoms with E-state index in [1.54, 1.807) is 0 Å². The van der Waals surface area contributed by atoms with Crippen LogP contribution in [0.1, 0.15) is 18.1 Å². The second kappa shape index (κ2) is 5.91. The van der Waals surface area contributed by atoms with Gasteiger partial charge in [-0.25, -0.2) is 0 Å². The molecule has 1 nitrogen and oxygen atoms in total. The molecule has 19 heavy (non-hydrogen) atoms. The van der Waals surface area contributed by atoms with Crippen molar-refractivity contribution >= 4 is 11.6 Å². The second-order valence-corrected chi connectivity index (χ2v) is 5.02. The fraction of sp³-hybridized carbons (Fsp3) is 0.235. The van der Waals surface area contributed by atoms with E-state index in [-0.39, 0.29) is 5.92 Å². The first-order valence-corrected chi connectivity index (χ1v) is 6.87. The van der Waals surface area contributed by atoms with Crippen LogP contribution < -0.4 is 0 Å². The van der Waals surface area contributed by atoms with E-state index in [0.717, 1.165) is 11.1 Å². The van der Waals surface area contributed by atoms with Crippen LogP contribution in [-0.4, -0.2) is 5.88 Å². The molecular weight excluding hydrogens is 254 g/mol. The highest BCUT2D eigenvalue weighted by Gasteiger charge is 2.39. The Balaban J connectivity index is 2.67. The minimum Gasteiger partial charge on any atom is -0.197 e. The molecule has 0 aliphatic heterocycles. The molecule has 1 unspecified atom stereocenters. The van der Waals surface area contributed by atoms with Crippen LogP contribution in [0.15, 0.2) is 60.7 Å². The third-order valence-corrected chi connectivity index (χ3v) is 4.07. The highest BCUT2D eigenvalue weighted by Crippen LogP contribution is 2.39. The topological polar surface area (TPSA) is 23.8 Å². The van der Waals surface area contributed by atoms with E-state index >= 15 is 0 Å². The van der Waals surface area contributed by atoms with Gasteiger partial charge in [0.25, 0.3) is 0 Å². The minimum absolute atomic E-state index is 0.0315. The molecule has 2 aromatic rings. The fourth-order valence-corrected chi connectivity index (χ4v) is 2.72. The summed E-state index contributed by atoms with van der Waals surface area (Å²) in [6.07, 6.45) is 0. The molecule has 0 amide bonds. The molecule has 0 spiro atoms. The van der Waals surface area contributed by atoms with Gasteiger partial charge in [-0.15, -0.1) is 11.6 Å². The van der Waals surface area contributed by atoms with Crippen molar-refractivity contribution in [3.8, 4) is 6.07 Å². The van der Waals surface area contributed by atoms with Crippen molar-refractivity contribution in [1.29, 1.82) is 5.26 Å². The van der Waals surface area contributed by atoms with Gasteiger partial charge in [0.1, 0.15) is 5.41 Å². The molecule has 2 heteroatoms. The Morgan fingerprint density at radius 2 is 1.42 bits per heavy atom. The number of nitrogens with zero attached hydrogens (tertiary/aromatic N) is 1. The Bertz CT molecular complexity index is 517. The molecule has 0 aliphatic carbocycles. The van der Waals surface area contributed by atoms with Crippen LogP contribution in [0.25, 0.3) is 0 Å². The summed E-state index contributed by atoms with van der Waals surface area (Å²) in [7, 11) is 0. The SMILES string of the molecule is CC(CCl)C(C#N)(c1ccccc1)c1ccccc1. The first kappa shape index (κ1) is 13.6. The smallest absolute Gasteiger partial charge is 0.111 e. The van der Waals surface area contributed by atoms with Crippen molar-refractivity contribution in [2.45, 2.75) is 12.3 Å². The van der Waals surface area contributed by atoms with Crippen molar-refractivity contribution in [1.82, 2.24) is 0 Å². The number of rotatable bonds is 4. The van der Waals surface area contributed by atoms with Gasteiger partial charge in [0.15, 0.2) is 0 Å². The second-order valence-electron chi connectivity index (χ2n) is 4.71. The lowest BCUT2D eigenvalue weighted by Gasteiger charge is -2.33. The monoisotopic (exact) mass is 269 g/mol. The Hall–Kier alpha value is -1.78. The number of halogens is 1. The summed E-state index contributed by atoms with van der Waals surface area (Å²) < 4.78 is 0. The largest absolute Gasteiger partial charge is 0.197 e. The summed E-state index contributed by atoms with van der Waals surface area (Å²) in [5.41, 5.74) is 1.30. The Labute approximate surface area is 119 Å². The molecule has 0 radical (unpaired) electrons. The maximum Gasteiger partial charge on any atom is 0.111 e. The van der Waals surface area contributed by atoms with Crippen molar-refractivity contribution < 1.29 is 0 Å². The highest BCUT2D eigenvalue weighted by molar-refractivity contribution is 6.18. The zero-order valence-corrected chi connectivity index (χ0v) is 11.6. The molecule has 96 valence electrons. The number of nitriles is 1. The fourth-order valence-electron chi connectivity index (χ4n) is 2.49. The Kier molecular flexibility index (Phi) is 4.24. The van der Waals surface area contributed by atoms with E-state index in [2.05, 4.69) is 6.07 Å². The van der Waals surface area contributed by atoms with Gasteiger partial charge in [0.2, 0.25) is 0 Å².